The first kappa shape index (κ1) is 24.8. The highest BCUT2D eigenvalue weighted by molar-refractivity contribution is 6.31. The SMILES string of the molecule is CN(CCCCCC(=O)c1cc2c3c(c1)CC(=O)N3CCC2)CCc1ccccc1Cl.Cl. The van der Waals surface area contributed by atoms with Gasteiger partial charge in [-0.3, -0.25) is 9.59 Å². The van der Waals surface area contributed by atoms with E-state index in [0.717, 1.165) is 80.0 Å². The first-order valence-corrected chi connectivity index (χ1v) is 11.8. The van der Waals surface area contributed by atoms with Crippen molar-refractivity contribution in [2.45, 2.75) is 51.4 Å². The molecule has 2 aromatic rings. The number of likely N-dealkylation sites (N-methyl/N-ethyl adjacent to an activating group) is 1. The lowest BCUT2D eigenvalue weighted by Crippen LogP contribution is -2.31. The molecule has 0 saturated carbocycles. The van der Waals surface area contributed by atoms with Crippen molar-refractivity contribution in [1.82, 2.24) is 4.90 Å². The minimum atomic E-state index is 0. The van der Waals surface area contributed by atoms with E-state index in [1.165, 1.54) is 11.1 Å². The summed E-state index contributed by atoms with van der Waals surface area (Å²) < 4.78 is 0. The minimum Gasteiger partial charge on any atom is -0.312 e. The molecule has 0 saturated heterocycles. The molecule has 4 nitrogen and oxygen atoms in total. The summed E-state index contributed by atoms with van der Waals surface area (Å²) in [5, 5.41) is 0.840. The number of Topliss-reactive ketones (excluding diaryl/α,β-unsaturated/α-hetero) is 1. The number of aryl methyl sites for hydroxylation is 1. The maximum atomic E-state index is 12.8. The molecule has 0 aromatic heterocycles. The summed E-state index contributed by atoms with van der Waals surface area (Å²) in [6, 6.07) is 12.0. The molecule has 2 aromatic carbocycles. The Morgan fingerprint density at radius 1 is 1.09 bits per heavy atom. The van der Waals surface area contributed by atoms with Crippen LogP contribution in [0.25, 0.3) is 0 Å². The summed E-state index contributed by atoms with van der Waals surface area (Å²) in [7, 11) is 2.14. The van der Waals surface area contributed by atoms with Crippen molar-refractivity contribution in [3.05, 3.63) is 63.7 Å². The van der Waals surface area contributed by atoms with Crippen molar-refractivity contribution < 1.29 is 9.59 Å². The highest BCUT2D eigenvalue weighted by Gasteiger charge is 2.32. The number of unbranched alkanes of at least 4 members (excludes halogenated alkanes) is 2. The number of anilines is 1. The molecule has 0 unspecified atom stereocenters. The zero-order valence-electron chi connectivity index (χ0n) is 18.7. The van der Waals surface area contributed by atoms with E-state index in [4.69, 9.17) is 11.6 Å². The number of halogens is 2. The van der Waals surface area contributed by atoms with Gasteiger partial charge in [0.2, 0.25) is 5.91 Å². The zero-order chi connectivity index (χ0) is 21.8. The third-order valence-corrected chi connectivity index (χ3v) is 6.86. The fourth-order valence-electron chi connectivity index (χ4n) is 4.75. The Bertz CT molecular complexity index is 976. The Kier molecular flexibility index (Phi) is 8.75. The van der Waals surface area contributed by atoms with Crippen LogP contribution in [0.4, 0.5) is 5.69 Å². The summed E-state index contributed by atoms with van der Waals surface area (Å²) in [6.07, 6.45) is 6.98. The lowest BCUT2D eigenvalue weighted by atomic mass is 9.94. The van der Waals surface area contributed by atoms with Crippen LogP contribution in [0.15, 0.2) is 36.4 Å². The number of nitrogens with zero attached hydrogens (tertiary/aromatic N) is 2. The first-order valence-electron chi connectivity index (χ1n) is 11.4. The lowest BCUT2D eigenvalue weighted by Gasteiger charge is -2.25. The zero-order valence-corrected chi connectivity index (χ0v) is 20.3. The van der Waals surface area contributed by atoms with Crippen molar-refractivity contribution in [1.29, 1.82) is 0 Å². The second-order valence-corrected chi connectivity index (χ2v) is 9.25. The normalized spacial score (nSPS) is 14.5. The number of carbonyl (C=O) groups excluding carboxylic acids is 2. The molecule has 0 N–H and O–H groups in total. The molecule has 2 aliphatic rings. The van der Waals surface area contributed by atoms with Crippen LogP contribution in [0, 0.1) is 0 Å². The number of hydrogen-bond donors (Lipinski definition) is 0. The lowest BCUT2D eigenvalue weighted by molar-refractivity contribution is -0.117. The summed E-state index contributed by atoms with van der Waals surface area (Å²) in [5.41, 5.74) is 5.30. The maximum absolute atomic E-state index is 12.8. The Morgan fingerprint density at radius 3 is 2.69 bits per heavy atom. The van der Waals surface area contributed by atoms with Gasteiger partial charge in [-0.05, 0) is 80.6 Å². The van der Waals surface area contributed by atoms with E-state index in [1.54, 1.807) is 0 Å². The third kappa shape index (κ3) is 5.72. The fourth-order valence-corrected chi connectivity index (χ4v) is 4.98. The number of rotatable bonds is 10. The average molecular weight is 475 g/mol. The molecule has 1 amide bonds. The predicted molar refractivity (Wildman–Crippen MR) is 134 cm³/mol. The largest absolute Gasteiger partial charge is 0.312 e. The molecule has 0 aliphatic carbocycles. The van der Waals surface area contributed by atoms with E-state index in [2.05, 4.69) is 18.0 Å². The smallest absolute Gasteiger partial charge is 0.231 e. The van der Waals surface area contributed by atoms with Crippen LogP contribution >= 0.6 is 24.0 Å². The second-order valence-electron chi connectivity index (χ2n) is 8.85. The van der Waals surface area contributed by atoms with E-state index < -0.39 is 0 Å². The van der Waals surface area contributed by atoms with Crippen molar-refractivity contribution in [2.75, 3.05) is 31.6 Å². The van der Waals surface area contributed by atoms with Crippen LogP contribution in [-0.2, 0) is 24.1 Å². The van der Waals surface area contributed by atoms with Gasteiger partial charge in [0.25, 0.3) is 0 Å². The molecule has 172 valence electrons. The highest BCUT2D eigenvalue weighted by Crippen LogP contribution is 2.37. The van der Waals surface area contributed by atoms with Crippen LogP contribution < -0.4 is 4.90 Å². The van der Waals surface area contributed by atoms with Crippen LogP contribution in [0.1, 0.15) is 59.2 Å². The number of benzene rings is 2. The molecule has 2 aliphatic heterocycles. The summed E-state index contributed by atoms with van der Waals surface area (Å²) in [6.45, 7) is 2.83. The maximum Gasteiger partial charge on any atom is 0.231 e. The van der Waals surface area contributed by atoms with Crippen molar-refractivity contribution in [3.8, 4) is 0 Å². The van der Waals surface area contributed by atoms with E-state index in [-0.39, 0.29) is 24.1 Å². The Hall–Kier alpha value is -1.88. The molecule has 32 heavy (non-hydrogen) atoms. The number of ketones is 1. The van der Waals surface area contributed by atoms with E-state index in [1.807, 2.05) is 35.2 Å². The van der Waals surface area contributed by atoms with Gasteiger partial charge in [-0.2, -0.15) is 0 Å². The topological polar surface area (TPSA) is 40.6 Å². The second kappa shape index (κ2) is 11.3. The van der Waals surface area contributed by atoms with Gasteiger partial charge >= 0.3 is 0 Å². The van der Waals surface area contributed by atoms with Crippen molar-refractivity contribution >= 4 is 41.4 Å². The number of carbonyl (C=O) groups is 2. The van der Waals surface area contributed by atoms with Gasteiger partial charge in [-0.15, -0.1) is 12.4 Å². The van der Waals surface area contributed by atoms with Gasteiger partial charge in [0, 0.05) is 30.1 Å². The van der Waals surface area contributed by atoms with E-state index >= 15 is 0 Å². The summed E-state index contributed by atoms with van der Waals surface area (Å²) in [5.74, 6) is 0.391. The van der Waals surface area contributed by atoms with Crippen LogP contribution in [0.3, 0.4) is 0 Å². The molecular weight excluding hydrogens is 443 g/mol. The van der Waals surface area contributed by atoms with Gasteiger partial charge in [-0.1, -0.05) is 36.2 Å². The third-order valence-electron chi connectivity index (χ3n) is 6.49. The molecule has 4 rings (SSSR count). The molecule has 0 radical (unpaired) electrons. The van der Waals surface area contributed by atoms with Gasteiger partial charge in [0.05, 0.1) is 12.1 Å². The molecule has 0 atom stereocenters. The van der Waals surface area contributed by atoms with Gasteiger partial charge in [0.15, 0.2) is 5.78 Å². The summed E-state index contributed by atoms with van der Waals surface area (Å²) in [4.78, 5) is 29.2. The molecule has 0 fully saturated rings. The van der Waals surface area contributed by atoms with Crippen LogP contribution in [0.2, 0.25) is 5.02 Å². The standard InChI is InChI=1S/C26H31ClN2O2.ClH/c1-28(15-12-19-8-4-5-10-23(19)27)13-6-2-3-11-24(30)21-16-20-9-7-14-29-25(31)18-22(17-21)26(20)29;/h4-5,8,10,16-17H,2-3,6-7,9,11-15,18H2,1H3;1H. The average Bonchev–Trinajstić information content (AvgIpc) is 3.09. The Labute approximate surface area is 202 Å². The monoisotopic (exact) mass is 474 g/mol. The highest BCUT2D eigenvalue weighted by atomic mass is 35.5. The van der Waals surface area contributed by atoms with Crippen LogP contribution in [0.5, 0.6) is 0 Å². The van der Waals surface area contributed by atoms with Gasteiger partial charge in [-0.25, -0.2) is 0 Å². The quantitative estimate of drug-likeness (QED) is 0.336. The molecule has 0 bridgehead atoms. The summed E-state index contributed by atoms with van der Waals surface area (Å²) >= 11 is 6.23. The van der Waals surface area contributed by atoms with Crippen molar-refractivity contribution in [2.24, 2.45) is 0 Å². The van der Waals surface area contributed by atoms with Gasteiger partial charge < -0.3 is 9.80 Å². The Morgan fingerprint density at radius 2 is 1.88 bits per heavy atom. The number of amides is 1. The minimum absolute atomic E-state index is 0. The fraction of sp³-hybridized carbons (Fsp3) is 0.462. The first-order chi connectivity index (χ1) is 15.0. The van der Waals surface area contributed by atoms with E-state index in [9.17, 15) is 9.59 Å². The van der Waals surface area contributed by atoms with Crippen LogP contribution in [-0.4, -0.2) is 43.3 Å². The number of hydrogen-bond acceptors (Lipinski definition) is 3. The molecule has 6 heteroatoms. The van der Waals surface area contributed by atoms with Gasteiger partial charge in [0.1, 0.15) is 0 Å². The van der Waals surface area contributed by atoms with E-state index in [0.29, 0.717) is 12.8 Å². The Balaban J connectivity index is 0.00000289. The predicted octanol–water partition coefficient (Wildman–Crippen LogP) is 5.51. The molecule has 2 heterocycles. The molecule has 0 spiro atoms. The molecular formula is C26H32Cl2N2O2. The van der Waals surface area contributed by atoms with Crippen molar-refractivity contribution in [3.63, 3.8) is 0 Å².